The number of hydrogen-bond donors (Lipinski definition) is 2. The van der Waals surface area contributed by atoms with Crippen molar-refractivity contribution in [3.63, 3.8) is 0 Å². The summed E-state index contributed by atoms with van der Waals surface area (Å²) in [4.78, 5) is 25.8. The van der Waals surface area contributed by atoms with E-state index in [4.69, 9.17) is 5.26 Å². The third-order valence-electron chi connectivity index (χ3n) is 4.57. The molecule has 0 bridgehead atoms. The Morgan fingerprint density at radius 3 is 2.67 bits per heavy atom. The normalized spacial score (nSPS) is 10.4. The van der Waals surface area contributed by atoms with Gasteiger partial charge in [-0.2, -0.15) is 5.26 Å². The summed E-state index contributed by atoms with van der Waals surface area (Å²) in [6.45, 7) is 0.819. The Morgan fingerprint density at radius 1 is 1.00 bits per heavy atom. The number of anilines is 1. The predicted molar refractivity (Wildman–Crippen MR) is 115 cm³/mol. The summed E-state index contributed by atoms with van der Waals surface area (Å²) >= 11 is 0. The van der Waals surface area contributed by atoms with E-state index in [9.17, 15) is 4.79 Å². The van der Waals surface area contributed by atoms with Crippen molar-refractivity contribution in [2.45, 2.75) is 0 Å². The topological polar surface area (TPSA) is 104 Å². The SMILES string of the molecule is N#Cc1cccnc1NCCNC(=O)c1cc(-c2ccncc2)nc2ccccc12. The number of carbonyl (C=O) groups excluding carboxylic acids is 1. The minimum absolute atomic E-state index is 0.188. The minimum atomic E-state index is -0.188. The molecular weight excluding hydrogens is 376 g/mol. The fraction of sp³-hybridized carbons (Fsp3) is 0.0870. The first-order valence-electron chi connectivity index (χ1n) is 9.43. The molecule has 0 aliphatic heterocycles. The van der Waals surface area contributed by atoms with E-state index in [1.165, 1.54) is 0 Å². The van der Waals surface area contributed by atoms with Crippen molar-refractivity contribution < 1.29 is 4.79 Å². The van der Waals surface area contributed by atoms with E-state index < -0.39 is 0 Å². The first-order chi connectivity index (χ1) is 14.8. The Morgan fingerprint density at radius 2 is 1.83 bits per heavy atom. The second-order valence-corrected chi connectivity index (χ2v) is 6.50. The van der Waals surface area contributed by atoms with Gasteiger partial charge in [0.1, 0.15) is 11.9 Å². The number of hydrogen-bond acceptors (Lipinski definition) is 6. The summed E-state index contributed by atoms with van der Waals surface area (Å²) in [7, 11) is 0. The van der Waals surface area contributed by atoms with Gasteiger partial charge >= 0.3 is 0 Å². The highest BCUT2D eigenvalue weighted by Gasteiger charge is 2.13. The smallest absolute Gasteiger partial charge is 0.252 e. The molecule has 2 N–H and O–H groups in total. The van der Waals surface area contributed by atoms with Gasteiger partial charge in [0.15, 0.2) is 0 Å². The van der Waals surface area contributed by atoms with Crippen molar-refractivity contribution in [3.8, 4) is 17.3 Å². The highest BCUT2D eigenvalue weighted by Crippen LogP contribution is 2.24. The number of nitrogens with one attached hydrogen (secondary N) is 2. The molecule has 0 unspecified atom stereocenters. The van der Waals surface area contributed by atoms with E-state index in [2.05, 4.69) is 31.7 Å². The van der Waals surface area contributed by atoms with E-state index >= 15 is 0 Å². The standard InChI is InChI=1S/C23H18N6O/c24-15-17-4-3-9-26-22(17)27-12-13-28-23(30)19-14-21(16-7-10-25-11-8-16)29-20-6-2-1-5-18(19)20/h1-11,14H,12-13H2,(H,26,27)(H,28,30). The van der Waals surface area contributed by atoms with Crippen LogP contribution < -0.4 is 10.6 Å². The maximum atomic E-state index is 12.9. The molecule has 0 spiro atoms. The average molecular weight is 394 g/mol. The van der Waals surface area contributed by atoms with Gasteiger partial charge in [0.2, 0.25) is 0 Å². The van der Waals surface area contributed by atoms with Crippen LogP contribution in [0.1, 0.15) is 15.9 Å². The zero-order chi connectivity index (χ0) is 20.8. The molecule has 1 amide bonds. The summed E-state index contributed by atoms with van der Waals surface area (Å²) in [5, 5.41) is 15.9. The van der Waals surface area contributed by atoms with Crippen molar-refractivity contribution in [1.82, 2.24) is 20.3 Å². The zero-order valence-corrected chi connectivity index (χ0v) is 16.0. The first kappa shape index (κ1) is 19.0. The van der Waals surface area contributed by atoms with E-state index in [1.54, 1.807) is 36.8 Å². The van der Waals surface area contributed by atoms with Gasteiger partial charge in [-0.3, -0.25) is 9.78 Å². The number of amides is 1. The average Bonchev–Trinajstić information content (AvgIpc) is 2.81. The number of nitrogens with zero attached hydrogens (tertiary/aromatic N) is 4. The van der Waals surface area contributed by atoms with E-state index in [0.717, 1.165) is 16.5 Å². The summed E-state index contributed by atoms with van der Waals surface area (Å²) in [5.74, 6) is 0.316. The van der Waals surface area contributed by atoms with Gasteiger partial charge in [-0.25, -0.2) is 9.97 Å². The Hall–Kier alpha value is -4.31. The van der Waals surface area contributed by atoms with Crippen LogP contribution in [0.5, 0.6) is 0 Å². The molecule has 0 radical (unpaired) electrons. The lowest BCUT2D eigenvalue weighted by Gasteiger charge is -2.11. The number of benzene rings is 1. The highest BCUT2D eigenvalue weighted by atomic mass is 16.1. The molecule has 3 aromatic heterocycles. The number of nitriles is 1. The van der Waals surface area contributed by atoms with E-state index in [0.29, 0.717) is 35.7 Å². The Bertz CT molecular complexity index is 1230. The van der Waals surface area contributed by atoms with Gasteiger partial charge in [-0.15, -0.1) is 0 Å². The lowest BCUT2D eigenvalue weighted by Crippen LogP contribution is -2.29. The molecule has 0 saturated heterocycles. The van der Waals surface area contributed by atoms with Crippen LogP contribution in [0.25, 0.3) is 22.2 Å². The lowest BCUT2D eigenvalue weighted by atomic mass is 10.0. The molecule has 3 heterocycles. The van der Waals surface area contributed by atoms with Gasteiger partial charge in [0.25, 0.3) is 5.91 Å². The fourth-order valence-corrected chi connectivity index (χ4v) is 3.12. The molecule has 0 saturated carbocycles. The third-order valence-corrected chi connectivity index (χ3v) is 4.57. The summed E-state index contributed by atoms with van der Waals surface area (Å²) < 4.78 is 0. The molecule has 0 aliphatic carbocycles. The van der Waals surface area contributed by atoms with Gasteiger partial charge in [0.05, 0.1) is 22.3 Å². The van der Waals surface area contributed by atoms with Crippen molar-refractivity contribution in [1.29, 1.82) is 5.26 Å². The minimum Gasteiger partial charge on any atom is -0.367 e. The number of para-hydroxylation sites is 1. The largest absolute Gasteiger partial charge is 0.367 e. The predicted octanol–water partition coefficient (Wildman–Crippen LogP) is 3.41. The lowest BCUT2D eigenvalue weighted by molar-refractivity contribution is 0.0957. The van der Waals surface area contributed by atoms with E-state index in [1.807, 2.05) is 36.4 Å². The van der Waals surface area contributed by atoms with Crippen LogP contribution in [0.15, 0.2) is 73.2 Å². The second kappa shape index (κ2) is 8.80. The van der Waals surface area contributed by atoms with Crippen LogP contribution >= 0.6 is 0 Å². The molecule has 146 valence electrons. The molecule has 7 nitrogen and oxygen atoms in total. The first-order valence-corrected chi connectivity index (χ1v) is 9.43. The monoisotopic (exact) mass is 394 g/mol. The maximum absolute atomic E-state index is 12.9. The second-order valence-electron chi connectivity index (χ2n) is 6.50. The van der Waals surface area contributed by atoms with Gasteiger partial charge in [-0.1, -0.05) is 18.2 Å². The molecule has 4 rings (SSSR count). The molecule has 7 heteroatoms. The van der Waals surface area contributed by atoms with E-state index in [-0.39, 0.29) is 5.91 Å². The quantitative estimate of drug-likeness (QED) is 0.486. The van der Waals surface area contributed by atoms with Gasteiger partial charge in [0, 0.05) is 42.6 Å². The Kier molecular flexibility index (Phi) is 5.58. The Labute approximate surface area is 173 Å². The molecule has 0 fully saturated rings. The number of pyridine rings is 3. The van der Waals surface area contributed by atoms with Crippen LogP contribution in [-0.4, -0.2) is 33.9 Å². The van der Waals surface area contributed by atoms with Crippen LogP contribution in [0.4, 0.5) is 5.82 Å². The fourth-order valence-electron chi connectivity index (χ4n) is 3.12. The summed E-state index contributed by atoms with van der Waals surface area (Å²) in [6.07, 6.45) is 5.01. The van der Waals surface area contributed by atoms with Gasteiger partial charge in [-0.05, 0) is 36.4 Å². The number of carbonyl (C=O) groups is 1. The molecular formula is C23H18N6O. The Balaban J connectivity index is 1.52. The highest BCUT2D eigenvalue weighted by molar-refractivity contribution is 6.07. The number of rotatable bonds is 6. The molecule has 4 aromatic rings. The number of aromatic nitrogens is 3. The van der Waals surface area contributed by atoms with Gasteiger partial charge < -0.3 is 10.6 Å². The van der Waals surface area contributed by atoms with Crippen molar-refractivity contribution >= 4 is 22.6 Å². The third kappa shape index (κ3) is 4.08. The molecule has 0 atom stereocenters. The van der Waals surface area contributed by atoms with Crippen LogP contribution in [0.3, 0.4) is 0 Å². The van der Waals surface area contributed by atoms with Crippen LogP contribution in [0.2, 0.25) is 0 Å². The van der Waals surface area contributed by atoms with Crippen LogP contribution in [0, 0.1) is 11.3 Å². The maximum Gasteiger partial charge on any atom is 0.252 e. The number of fused-ring (bicyclic) bond motifs is 1. The van der Waals surface area contributed by atoms with Crippen molar-refractivity contribution in [2.24, 2.45) is 0 Å². The van der Waals surface area contributed by atoms with Crippen LogP contribution in [-0.2, 0) is 0 Å². The summed E-state index contributed by atoms with van der Waals surface area (Å²) in [5.41, 5.74) is 3.38. The van der Waals surface area contributed by atoms with Crippen molar-refractivity contribution in [3.05, 3.63) is 84.3 Å². The molecule has 1 aromatic carbocycles. The molecule has 0 aliphatic rings. The zero-order valence-electron chi connectivity index (χ0n) is 16.0. The summed E-state index contributed by atoms with van der Waals surface area (Å²) in [6, 6.07) is 18.6. The van der Waals surface area contributed by atoms with Crippen molar-refractivity contribution in [2.75, 3.05) is 18.4 Å². The molecule has 30 heavy (non-hydrogen) atoms.